The molecule has 1 amide bonds. The lowest BCUT2D eigenvalue weighted by molar-refractivity contribution is 0.0371. The minimum absolute atomic E-state index is 0.0274. The molecule has 6 heteroatoms. The average molecular weight is 368 g/mol. The molecule has 2 aromatic rings. The number of carbonyl (C=O) groups excluding carboxylic acids is 1. The van der Waals surface area contributed by atoms with Crippen LogP contribution in [0.3, 0.4) is 0 Å². The Balaban J connectivity index is 1.37. The van der Waals surface area contributed by atoms with Crippen molar-refractivity contribution in [3.8, 4) is 11.1 Å². The van der Waals surface area contributed by atoms with E-state index >= 15 is 0 Å². The normalized spacial score (nSPS) is 14.8. The average Bonchev–Trinajstić information content (AvgIpc) is 2.71. The number of benzene rings is 1. The number of nitrogen functional groups attached to an aromatic ring is 1. The van der Waals surface area contributed by atoms with Crippen molar-refractivity contribution < 1.29 is 9.53 Å². The fraction of sp³-hybridized carbons (Fsp3) is 0.429. The Morgan fingerprint density at radius 3 is 2.59 bits per heavy atom. The van der Waals surface area contributed by atoms with Gasteiger partial charge >= 0.3 is 0 Å². The van der Waals surface area contributed by atoms with Gasteiger partial charge in [-0.25, -0.2) is 0 Å². The summed E-state index contributed by atoms with van der Waals surface area (Å²) < 4.78 is 5.35. The highest BCUT2D eigenvalue weighted by Crippen LogP contribution is 2.20. The zero-order chi connectivity index (χ0) is 18.9. The molecule has 0 bridgehead atoms. The molecule has 0 saturated carbocycles. The SMILES string of the molecule is Nc1cncc(-c2ccc(C(=O)NCCCCCN3CCOCC3)cc2)c1. The third-order valence-corrected chi connectivity index (χ3v) is 4.78. The van der Waals surface area contributed by atoms with Crippen LogP contribution in [0, 0.1) is 0 Å². The highest BCUT2D eigenvalue weighted by atomic mass is 16.5. The predicted molar refractivity (Wildman–Crippen MR) is 108 cm³/mol. The second-order valence-electron chi connectivity index (χ2n) is 6.85. The maximum atomic E-state index is 12.3. The number of amides is 1. The topological polar surface area (TPSA) is 80.5 Å². The molecule has 1 aromatic heterocycles. The van der Waals surface area contributed by atoms with Gasteiger partial charge in [0.25, 0.3) is 5.91 Å². The molecule has 0 radical (unpaired) electrons. The molecule has 3 N–H and O–H groups in total. The van der Waals surface area contributed by atoms with Crippen molar-refractivity contribution in [2.45, 2.75) is 19.3 Å². The van der Waals surface area contributed by atoms with Crippen molar-refractivity contribution in [3.63, 3.8) is 0 Å². The van der Waals surface area contributed by atoms with Gasteiger partial charge in [-0.2, -0.15) is 0 Å². The number of aromatic nitrogens is 1. The first-order valence-corrected chi connectivity index (χ1v) is 9.61. The molecule has 144 valence electrons. The number of carbonyl (C=O) groups is 1. The first-order chi connectivity index (χ1) is 13.2. The van der Waals surface area contributed by atoms with Crippen LogP contribution in [0.4, 0.5) is 5.69 Å². The Morgan fingerprint density at radius 2 is 1.85 bits per heavy atom. The summed E-state index contributed by atoms with van der Waals surface area (Å²) in [6, 6.07) is 9.40. The van der Waals surface area contributed by atoms with Crippen molar-refractivity contribution >= 4 is 11.6 Å². The standard InChI is InChI=1S/C21H28N4O2/c22-20-14-19(15-23-16-20)17-4-6-18(7-5-17)21(26)24-8-2-1-3-9-25-10-12-27-13-11-25/h4-7,14-16H,1-3,8-13,22H2,(H,24,26). The number of nitrogens with zero attached hydrogens (tertiary/aromatic N) is 2. The fourth-order valence-corrected chi connectivity index (χ4v) is 3.20. The Morgan fingerprint density at radius 1 is 1.07 bits per heavy atom. The van der Waals surface area contributed by atoms with Gasteiger partial charge in [-0.1, -0.05) is 18.6 Å². The number of hydrogen-bond acceptors (Lipinski definition) is 5. The van der Waals surface area contributed by atoms with Crippen LogP contribution >= 0.6 is 0 Å². The van der Waals surface area contributed by atoms with Crippen molar-refractivity contribution in [1.82, 2.24) is 15.2 Å². The third-order valence-electron chi connectivity index (χ3n) is 4.78. The first kappa shape index (κ1) is 19.3. The molecule has 0 atom stereocenters. The first-order valence-electron chi connectivity index (χ1n) is 9.61. The maximum absolute atomic E-state index is 12.3. The Bertz CT molecular complexity index is 727. The molecule has 6 nitrogen and oxygen atoms in total. The van der Waals surface area contributed by atoms with Crippen molar-refractivity contribution in [1.29, 1.82) is 0 Å². The summed E-state index contributed by atoms with van der Waals surface area (Å²) in [6.07, 6.45) is 6.68. The molecule has 1 aliphatic heterocycles. The summed E-state index contributed by atoms with van der Waals surface area (Å²) in [5, 5.41) is 3.00. The zero-order valence-electron chi connectivity index (χ0n) is 15.7. The maximum Gasteiger partial charge on any atom is 0.251 e. The molecule has 1 aromatic carbocycles. The molecule has 3 rings (SSSR count). The van der Waals surface area contributed by atoms with Gasteiger partial charge < -0.3 is 15.8 Å². The fourth-order valence-electron chi connectivity index (χ4n) is 3.20. The van der Waals surface area contributed by atoms with E-state index in [9.17, 15) is 4.79 Å². The summed E-state index contributed by atoms with van der Waals surface area (Å²) in [6.45, 7) is 5.61. The quantitative estimate of drug-likeness (QED) is 0.700. The van der Waals surface area contributed by atoms with Crippen LogP contribution in [0.25, 0.3) is 11.1 Å². The molecule has 0 unspecified atom stereocenters. The summed E-state index contributed by atoms with van der Waals surface area (Å²) >= 11 is 0. The van der Waals surface area contributed by atoms with Crippen molar-refractivity contribution in [2.24, 2.45) is 0 Å². The van der Waals surface area contributed by atoms with E-state index in [0.29, 0.717) is 17.8 Å². The van der Waals surface area contributed by atoms with E-state index in [-0.39, 0.29) is 5.91 Å². The van der Waals surface area contributed by atoms with Gasteiger partial charge in [0.15, 0.2) is 0 Å². The molecule has 1 fully saturated rings. The van der Waals surface area contributed by atoms with Crippen LogP contribution in [0.5, 0.6) is 0 Å². The van der Waals surface area contributed by atoms with Crippen molar-refractivity contribution in [2.75, 3.05) is 45.1 Å². The predicted octanol–water partition coefficient (Wildman–Crippen LogP) is 2.56. The zero-order valence-corrected chi connectivity index (χ0v) is 15.7. The van der Waals surface area contributed by atoms with Crippen LogP contribution in [0.2, 0.25) is 0 Å². The molecule has 1 aliphatic rings. The number of morpholine rings is 1. The van der Waals surface area contributed by atoms with Gasteiger partial charge in [0, 0.05) is 43.2 Å². The monoisotopic (exact) mass is 368 g/mol. The molecule has 27 heavy (non-hydrogen) atoms. The lowest BCUT2D eigenvalue weighted by Crippen LogP contribution is -2.36. The smallest absolute Gasteiger partial charge is 0.251 e. The van der Waals surface area contributed by atoms with Crippen LogP contribution in [-0.2, 0) is 4.74 Å². The third kappa shape index (κ3) is 6.05. The Kier molecular flexibility index (Phi) is 7.19. The Labute approximate surface area is 160 Å². The van der Waals surface area contributed by atoms with E-state index in [4.69, 9.17) is 10.5 Å². The number of ether oxygens (including phenoxy) is 1. The number of rotatable bonds is 8. The molecule has 0 spiro atoms. The van der Waals surface area contributed by atoms with E-state index in [0.717, 1.165) is 56.8 Å². The number of hydrogen-bond donors (Lipinski definition) is 2. The number of nitrogens with two attached hydrogens (primary N) is 1. The van der Waals surface area contributed by atoms with Gasteiger partial charge in [-0.15, -0.1) is 0 Å². The highest BCUT2D eigenvalue weighted by Gasteiger charge is 2.09. The van der Waals surface area contributed by atoms with Gasteiger partial charge in [0.2, 0.25) is 0 Å². The summed E-state index contributed by atoms with van der Waals surface area (Å²) in [5.74, 6) is -0.0274. The summed E-state index contributed by atoms with van der Waals surface area (Å²) in [7, 11) is 0. The molecular weight excluding hydrogens is 340 g/mol. The Hall–Kier alpha value is -2.44. The van der Waals surface area contributed by atoms with E-state index < -0.39 is 0 Å². The van der Waals surface area contributed by atoms with E-state index in [1.807, 2.05) is 30.3 Å². The second kappa shape index (κ2) is 10.0. The van der Waals surface area contributed by atoms with Crippen molar-refractivity contribution in [3.05, 3.63) is 48.3 Å². The number of anilines is 1. The van der Waals surface area contributed by atoms with Crippen LogP contribution in [-0.4, -0.2) is 55.2 Å². The van der Waals surface area contributed by atoms with E-state index in [2.05, 4.69) is 15.2 Å². The molecular formula is C21H28N4O2. The van der Waals surface area contributed by atoms with Crippen LogP contribution in [0.15, 0.2) is 42.7 Å². The number of unbranched alkanes of at least 4 members (excludes halogenated alkanes) is 2. The minimum atomic E-state index is -0.0274. The van der Waals surface area contributed by atoms with E-state index in [1.54, 1.807) is 12.4 Å². The minimum Gasteiger partial charge on any atom is -0.397 e. The van der Waals surface area contributed by atoms with Gasteiger partial charge in [-0.3, -0.25) is 14.7 Å². The molecule has 0 aliphatic carbocycles. The van der Waals surface area contributed by atoms with E-state index in [1.165, 1.54) is 6.42 Å². The van der Waals surface area contributed by atoms with Gasteiger partial charge in [0.1, 0.15) is 0 Å². The number of pyridine rings is 1. The molecule has 2 heterocycles. The molecule has 1 saturated heterocycles. The number of nitrogens with one attached hydrogen (secondary N) is 1. The summed E-state index contributed by atoms with van der Waals surface area (Å²) in [5.41, 5.74) is 9.01. The van der Waals surface area contributed by atoms with Gasteiger partial charge in [-0.05, 0) is 43.1 Å². The highest BCUT2D eigenvalue weighted by molar-refractivity contribution is 5.94. The van der Waals surface area contributed by atoms with Gasteiger partial charge in [0.05, 0.1) is 18.9 Å². The summed E-state index contributed by atoms with van der Waals surface area (Å²) in [4.78, 5) is 18.8. The second-order valence-corrected chi connectivity index (χ2v) is 6.85. The van der Waals surface area contributed by atoms with Crippen LogP contribution < -0.4 is 11.1 Å². The lowest BCUT2D eigenvalue weighted by Gasteiger charge is -2.26. The lowest BCUT2D eigenvalue weighted by atomic mass is 10.1. The van der Waals surface area contributed by atoms with Crippen LogP contribution in [0.1, 0.15) is 29.6 Å². The largest absolute Gasteiger partial charge is 0.397 e.